The molecule has 1 aliphatic rings. The molecule has 0 aliphatic carbocycles. The Labute approximate surface area is 119 Å². The predicted molar refractivity (Wildman–Crippen MR) is 72.2 cm³/mol. The molecule has 0 saturated carbocycles. The lowest BCUT2D eigenvalue weighted by molar-refractivity contribution is -0.144. The van der Waals surface area contributed by atoms with Crippen molar-refractivity contribution in [2.75, 3.05) is 11.4 Å². The SMILES string of the molecule is O=C(O)C1CN(C(=O)c2cnccn2)c2ccccc2O1. The molecule has 1 N–H and O–H groups in total. The maximum atomic E-state index is 12.5. The van der Waals surface area contributed by atoms with Crippen molar-refractivity contribution < 1.29 is 19.4 Å². The minimum atomic E-state index is -1.12. The minimum Gasteiger partial charge on any atom is -0.478 e. The number of rotatable bonds is 2. The van der Waals surface area contributed by atoms with Crippen molar-refractivity contribution in [1.82, 2.24) is 9.97 Å². The van der Waals surface area contributed by atoms with E-state index in [9.17, 15) is 9.59 Å². The number of amides is 1. The molecule has 1 aromatic carbocycles. The molecule has 0 bridgehead atoms. The van der Waals surface area contributed by atoms with Gasteiger partial charge in [0.15, 0.2) is 0 Å². The van der Waals surface area contributed by atoms with Crippen LogP contribution in [-0.4, -0.2) is 39.6 Å². The van der Waals surface area contributed by atoms with E-state index in [0.717, 1.165) is 0 Å². The number of hydrogen-bond donors (Lipinski definition) is 1. The highest BCUT2D eigenvalue weighted by atomic mass is 16.5. The van der Waals surface area contributed by atoms with Crippen molar-refractivity contribution in [3.63, 3.8) is 0 Å². The van der Waals surface area contributed by atoms with Crippen LogP contribution in [0.25, 0.3) is 0 Å². The van der Waals surface area contributed by atoms with E-state index in [1.807, 2.05) is 0 Å². The Balaban J connectivity index is 2.00. The van der Waals surface area contributed by atoms with Gasteiger partial charge in [-0.1, -0.05) is 12.1 Å². The first-order valence-electron chi connectivity index (χ1n) is 6.23. The summed E-state index contributed by atoms with van der Waals surface area (Å²) in [7, 11) is 0. The number of carboxylic acids is 1. The lowest BCUT2D eigenvalue weighted by Gasteiger charge is -2.32. The van der Waals surface area contributed by atoms with Gasteiger partial charge in [-0.25, -0.2) is 9.78 Å². The summed E-state index contributed by atoms with van der Waals surface area (Å²) in [4.78, 5) is 32.8. The fraction of sp³-hybridized carbons (Fsp3) is 0.143. The maximum Gasteiger partial charge on any atom is 0.346 e. The second kappa shape index (κ2) is 5.20. The minimum absolute atomic E-state index is 0.0816. The Hall–Kier alpha value is -2.96. The number of anilines is 1. The Morgan fingerprint density at radius 3 is 2.81 bits per heavy atom. The lowest BCUT2D eigenvalue weighted by Crippen LogP contribution is -2.47. The van der Waals surface area contributed by atoms with Crippen LogP contribution in [0.3, 0.4) is 0 Å². The molecule has 7 heteroatoms. The van der Waals surface area contributed by atoms with Gasteiger partial charge in [-0.3, -0.25) is 14.7 Å². The molecule has 1 amide bonds. The molecule has 1 atom stereocenters. The Morgan fingerprint density at radius 1 is 1.29 bits per heavy atom. The molecule has 7 nitrogen and oxygen atoms in total. The zero-order valence-corrected chi connectivity index (χ0v) is 10.8. The first kappa shape index (κ1) is 13.0. The van der Waals surface area contributed by atoms with E-state index in [4.69, 9.17) is 9.84 Å². The highest BCUT2D eigenvalue weighted by molar-refractivity contribution is 6.06. The van der Waals surface area contributed by atoms with E-state index in [0.29, 0.717) is 11.4 Å². The third-order valence-electron chi connectivity index (χ3n) is 3.08. The van der Waals surface area contributed by atoms with Gasteiger partial charge in [-0.15, -0.1) is 0 Å². The van der Waals surface area contributed by atoms with Gasteiger partial charge in [0.05, 0.1) is 18.4 Å². The van der Waals surface area contributed by atoms with E-state index in [1.54, 1.807) is 24.3 Å². The van der Waals surface area contributed by atoms with Crippen LogP contribution in [-0.2, 0) is 4.79 Å². The van der Waals surface area contributed by atoms with E-state index in [-0.39, 0.29) is 12.2 Å². The third-order valence-corrected chi connectivity index (χ3v) is 3.08. The largest absolute Gasteiger partial charge is 0.478 e. The van der Waals surface area contributed by atoms with Crippen LogP contribution in [0.15, 0.2) is 42.9 Å². The number of aliphatic carboxylic acids is 1. The van der Waals surface area contributed by atoms with Crippen molar-refractivity contribution >= 4 is 17.6 Å². The first-order valence-corrected chi connectivity index (χ1v) is 6.23. The average molecular weight is 285 g/mol. The highest BCUT2D eigenvalue weighted by Crippen LogP contribution is 2.33. The van der Waals surface area contributed by atoms with E-state index in [2.05, 4.69) is 9.97 Å². The van der Waals surface area contributed by atoms with Gasteiger partial charge in [0.1, 0.15) is 11.4 Å². The lowest BCUT2D eigenvalue weighted by atomic mass is 10.1. The van der Waals surface area contributed by atoms with Crippen LogP contribution in [0.1, 0.15) is 10.5 Å². The van der Waals surface area contributed by atoms with Gasteiger partial charge in [-0.05, 0) is 12.1 Å². The average Bonchev–Trinajstić information content (AvgIpc) is 2.54. The van der Waals surface area contributed by atoms with Crippen molar-refractivity contribution in [3.05, 3.63) is 48.5 Å². The van der Waals surface area contributed by atoms with Crippen molar-refractivity contribution in [1.29, 1.82) is 0 Å². The number of carbonyl (C=O) groups is 2. The number of ether oxygens (including phenoxy) is 1. The van der Waals surface area contributed by atoms with Crippen LogP contribution in [0.2, 0.25) is 0 Å². The molecule has 1 aromatic heterocycles. The van der Waals surface area contributed by atoms with Gasteiger partial charge in [0.2, 0.25) is 6.10 Å². The molecule has 0 radical (unpaired) electrons. The number of carbonyl (C=O) groups excluding carboxylic acids is 1. The molecule has 2 aromatic rings. The number of hydrogen-bond acceptors (Lipinski definition) is 5. The molecule has 3 rings (SSSR count). The number of para-hydroxylation sites is 2. The first-order chi connectivity index (χ1) is 10.2. The molecule has 0 saturated heterocycles. The molecular formula is C14H11N3O4. The van der Waals surface area contributed by atoms with Gasteiger partial charge in [0.25, 0.3) is 5.91 Å². The van der Waals surface area contributed by atoms with Crippen LogP contribution in [0, 0.1) is 0 Å². The third kappa shape index (κ3) is 2.40. The summed E-state index contributed by atoms with van der Waals surface area (Å²) < 4.78 is 5.38. The summed E-state index contributed by atoms with van der Waals surface area (Å²) in [6.45, 7) is -0.0816. The summed E-state index contributed by atoms with van der Waals surface area (Å²) in [5, 5.41) is 9.14. The van der Waals surface area contributed by atoms with Crippen molar-refractivity contribution in [3.8, 4) is 5.75 Å². The summed E-state index contributed by atoms with van der Waals surface area (Å²) in [5.74, 6) is -1.18. The summed E-state index contributed by atoms with van der Waals surface area (Å²) in [6, 6.07) is 6.79. The van der Waals surface area contributed by atoms with Crippen molar-refractivity contribution in [2.24, 2.45) is 0 Å². The molecule has 0 spiro atoms. The molecule has 106 valence electrons. The second-order valence-electron chi connectivity index (χ2n) is 4.42. The quantitative estimate of drug-likeness (QED) is 0.883. The molecule has 2 heterocycles. The predicted octanol–water partition coefficient (Wildman–Crippen LogP) is 0.969. The topological polar surface area (TPSA) is 92.6 Å². The smallest absolute Gasteiger partial charge is 0.346 e. The van der Waals surface area contributed by atoms with Crippen LogP contribution >= 0.6 is 0 Å². The number of carboxylic acid groups (broad SMARTS) is 1. The molecular weight excluding hydrogens is 274 g/mol. The van der Waals surface area contributed by atoms with Gasteiger partial charge < -0.3 is 9.84 Å². The van der Waals surface area contributed by atoms with E-state index < -0.39 is 18.0 Å². The van der Waals surface area contributed by atoms with E-state index in [1.165, 1.54) is 23.5 Å². The van der Waals surface area contributed by atoms with Gasteiger partial charge in [0, 0.05) is 12.4 Å². The van der Waals surface area contributed by atoms with Crippen LogP contribution < -0.4 is 9.64 Å². The monoisotopic (exact) mass is 285 g/mol. The number of fused-ring (bicyclic) bond motifs is 1. The molecule has 0 fully saturated rings. The normalized spacial score (nSPS) is 16.8. The maximum absolute atomic E-state index is 12.5. The van der Waals surface area contributed by atoms with Crippen LogP contribution in [0.4, 0.5) is 5.69 Å². The molecule has 1 aliphatic heterocycles. The number of aromatic nitrogens is 2. The zero-order valence-electron chi connectivity index (χ0n) is 10.8. The Bertz CT molecular complexity index is 690. The second-order valence-corrected chi connectivity index (χ2v) is 4.42. The molecule has 1 unspecified atom stereocenters. The highest BCUT2D eigenvalue weighted by Gasteiger charge is 2.34. The van der Waals surface area contributed by atoms with Crippen LogP contribution in [0.5, 0.6) is 5.75 Å². The Morgan fingerprint density at radius 2 is 2.10 bits per heavy atom. The summed E-state index contributed by atoms with van der Waals surface area (Å²) >= 11 is 0. The van der Waals surface area contributed by atoms with Crippen molar-refractivity contribution in [2.45, 2.75) is 6.10 Å². The number of benzene rings is 1. The standard InChI is InChI=1S/C14H11N3O4/c18-13(9-7-15-5-6-16-9)17-8-12(14(19)20)21-11-4-2-1-3-10(11)17/h1-7,12H,8H2,(H,19,20). The fourth-order valence-electron chi connectivity index (χ4n) is 2.10. The van der Waals surface area contributed by atoms with E-state index >= 15 is 0 Å². The zero-order chi connectivity index (χ0) is 14.8. The fourth-order valence-corrected chi connectivity index (χ4v) is 2.10. The molecule has 21 heavy (non-hydrogen) atoms. The summed E-state index contributed by atoms with van der Waals surface area (Å²) in [5.41, 5.74) is 0.670. The Kier molecular flexibility index (Phi) is 3.23. The van der Waals surface area contributed by atoms with Gasteiger partial charge in [-0.2, -0.15) is 0 Å². The van der Waals surface area contributed by atoms with Gasteiger partial charge >= 0.3 is 5.97 Å². The number of nitrogens with zero attached hydrogens (tertiary/aromatic N) is 3. The summed E-state index contributed by atoms with van der Waals surface area (Å²) in [6.07, 6.45) is 3.11.